The van der Waals surface area contributed by atoms with Gasteiger partial charge in [0.25, 0.3) is 0 Å². The highest BCUT2D eigenvalue weighted by molar-refractivity contribution is 5.82. The second-order valence-electron chi connectivity index (χ2n) is 2.65. The SMILES string of the molecule is [2H]c1c([2H])c([2H])c2[nH]c(CC(=O)O)cc2c1[2H]. The number of H-pyrrole nitrogens is 1. The molecule has 2 rings (SSSR count). The van der Waals surface area contributed by atoms with Crippen LogP contribution in [0, 0.1) is 0 Å². The standard InChI is InChI=1S/C10H9NO2/c12-10(13)6-8-5-7-3-1-2-4-9(7)11-8/h1-5,11H,6H2,(H,12,13)/i1D,2D,3D,4D. The molecule has 13 heavy (non-hydrogen) atoms. The molecule has 0 fully saturated rings. The van der Waals surface area contributed by atoms with Crippen LogP contribution in [-0.4, -0.2) is 16.1 Å². The van der Waals surface area contributed by atoms with Crippen LogP contribution in [0.25, 0.3) is 10.9 Å². The second-order valence-corrected chi connectivity index (χ2v) is 2.65. The topological polar surface area (TPSA) is 53.1 Å². The molecule has 0 spiro atoms. The Bertz CT molecular complexity index is 576. The maximum atomic E-state index is 10.6. The van der Waals surface area contributed by atoms with Crippen molar-refractivity contribution in [1.29, 1.82) is 0 Å². The minimum Gasteiger partial charge on any atom is -0.481 e. The van der Waals surface area contributed by atoms with E-state index in [1.54, 1.807) is 0 Å². The number of para-hydroxylation sites is 1. The van der Waals surface area contributed by atoms with Crippen LogP contribution in [0.2, 0.25) is 0 Å². The Morgan fingerprint density at radius 1 is 1.54 bits per heavy atom. The highest BCUT2D eigenvalue weighted by Gasteiger charge is 2.03. The van der Waals surface area contributed by atoms with Gasteiger partial charge in [-0.05, 0) is 17.5 Å². The Hall–Kier alpha value is -1.77. The van der Waals surface area contributed by atoms with Gasteiger partial charge in [-0.25, -0.2) is 0 Å². The van der Waals surface area contributed by atoms with E-state index in [2.05, 4.69) is 4.98 Å². The molecular formula is C10H9NO2. The fourth-order valence-electron chi connectivity index (χ4n) is 1.16. The Morgan fingerprint density at radius 3 is 3.08 bits per heavy atom. The molecule has 0 saturated heterocycles. The Kier molecular flexibility index (Phi) is 1.01. The molecule has 0 amide bonds. The van der Waals surface area contributed by atoms with Crippen molar-refractivity contribution in [1.82, 2.24) is 4.98 Å². The van der Waals surface area contributed by atoms with E-state index in [0.717, 1.165) is 0 Å². The van der Waals surface area contributed by atoms with Crippen molar-refractivity contribution in [3.8, 4) is 0 Å². The molecule has 0 saturated carbocycles. The van der Waals surface area contributed by atoms with Crippen LogP contribution < -0.4 is 0 Å². The monoisotopic (exact) mass is 179 g/mol. The van der Waals surface area contributed by atoms with Crippen molar-refractivity contribution in [2.45, 2.75) is 6.42 Å². The van der Waals surface area contributed by atoms with Gasteiger partial charge in [-0.2, -0.15) is 0 Å². The third-order valence-corrected chi connectivity index (χ3v) is 1.66. The number of benzene rings is 1. The van der Waals surface area contributed by atoms with Crippen molar-refractivity contribution >= 4 is 16.9 Å². The lowest BCUT2D eigenvalue weighted by atomic mass is 10.2. The summed E-state index contributed by atoms with van der Waals surface area (Å²) in [5.41, 5.74) is 0.603. The van der Waals surface area contributed by atoms with Gasteiger partial charge in [0.1, 0.15) is 0 Å². The highest BCUT2D eigenvalue weighted by atomic mass is 16.4. The van der Waals surface area contributed by atoms with Gasteiger partial charge in [0.05, 0.1) is 11.9 Å². The van der Waals surface area contributed by atoms with E-state index in [-0.39, 0.29) is 36.1 Å². The molecule has 3 nitrogen and oxygen atoms in total. The van der Waals surface area contributed by atoms with Gasteiger partial charge in [0, 0.05) is 11.2 Å². The first-order chi connectivity index (χ1) is 7.91. The number of nitrogens with one attached hydrogen (secondary N) is 1. The number of fused-ring (bicyclic) bond motifs is 1. The fourth-order valence-corrected chi connectivity index (χ4v) is 1.16. The van der Waals surface area contributed by atoms with Crippen LogP contribution in [0.3, 0.4) is 0 Å². The van der Waals surface area contributed by atoms with Crippen molar-refractivity contribution in [3.05, 3.63) is 35.9 Å². The molecule has 1 heterocycles. The smallest absolute Gasteiger partial charge is 0.309 e. The lowest BCUT2D eigenvalue weighted by molar-refractivity contribution is -0.136. The molecule has 0 atom stereocenters. The van der Waals surface area contributed by atoms with Crippen LogP contribution >= 0.6 is 0 Å². The van der Waals surface area contributed by atoms with Crippen LogP contribution in [0.15, 0.2) is 30.2 Å². The predicted molar refractivity (Wildman–Crippen MR) is 49.6 cm³/mol. The first-order valence-corrected chi connectivity index (χ1v) is 3.71. The van der Waals surface area contributed by atoms with Crippen LogP contribution in [-0.2, 0) is 11.2 Å². The van der Waals surface area contributed by atoms with Gasteiger partial charge in [-0.1, -0.05) is 18.1 Å². The predicted octanol–water partition coefficient (Wildman–Crippen LogP) is 1.79. The third-order valence-electron chi connectivity index (χ3n) is 1.66. The zero-order chi connectivity index (χ0) is 12.7. The van der Waals surface area contributed by atoms with E-state index in [4.69, 9.17) is 10.6 Å². The van der Waals surface area contributed by atoms with Gasteiger partial charge in [0.15, 0.2) is 0 Å². The summed E-state index contributed by atoms with van der Waals surface area (Å²) in [5, 5.41) is 8.96. The van der Waals surface area contributed by atoms with Gasteiger partial charge in [0.2, 0.25) is 0 Å². The molecule has 1 aromatic carbocycles. The first-order valence-electron chi connectivity index (χ1n) is 5.71. The van der Waals surface area contributed by atoms with E-state index < -0.39 is 5.97 Å². The minimum absolute atomic E-state index is 0.158. The van der Waals surface area contributed by atoms with Crippen molar-refractivity contribution in [2.75, 3.05) is 0 Å². The fraction of sp³-hybridized carbons (Fsp3) is 0.100. The molecule has 0 aliphatic heterocycles. The summed E-state index contributed by atoms with van der Waals surface area (Å²) >= 11 is 0. The van der Waals surface area contributed by atoms with Crippen molar-refractivity contribution in [3.63, 3.8) is 0 Å². The average Bonchev–Trinajstić information content (AvgIpc) is 2.66. The number of aromatic nitrogens is 1. The van der Waals surface area contributed by atoms with E-state index in [1.807, 2.05) is 0 Å². The highest BCUT2D eigenvalue weighted by Crippen LogP contribution is 2.14. The lowest BCUT2D eigenvalue weighted by Crippen LogP contribution is -1.99. The summed E-state index contributed by atoms with van der Waals surface area (Å²) in [7, 11) is 0. The van der Waals surface area contributed by atoms with E-state index in [1.165, 1.54) is 6.07 Å². The number of carboxylic acids is 1. The quantitative estimate of drug-likeness (QED) is 0.738. The van der Waals surface area contributed by atoms with Gasteiger partial charge >= 0.3 is 5.97 Å². The molecule has 0 aliphatic rings. The van der Waals surface area contributed by atoms with Crippen LogP contribution in [0.1, 0.15) is 11.2 Å². The molecule has 0 bridgehead atoms. The lowest BCUT2D eigenvalue weighted by Gasteiger charge is -1.88. The maximum absolute atomic E-state index is 10.6. The normalized spacial score (nSPS) is 14.8. The van der Waals surface area contributed by atoms with Crippen LogP contribution in [0.5, 0.6) is 0 Å². The Labute approximate surface area is 80.6 Å². The summed E-state index contributed by atoms with van der Waals surface area (Å²) in [6.07, 6.45) is -0.242. The number of hydrogen-bond donors (Lipinski definition) is 2. The number of aliphatic carboxylic acids is 1. The molecule has 66 valence electrons. The van der Waals surface area contributed by atoms with Crippen LogP contribution in [0.4, 0.5) is 0 Å². The van der Waals surface area contributed by atoms with Crippen molar-refractivity contribution in [2.24, 2.45) is 0 Å². The minimum atomic E-state index is -1.02. The molecule has 0 radical (unpaired) electrons. The van der Waals surface area contributed by atoms with Gasteiger partial charge in [-0.15, -0.1) is 0 Å². The zero-order valence-corrected chi connectivity index (χ0v) is 6.64. The number of rotatable bonds is 2. The van der Waals surface area contributed by atoms with E-state index >= 15 is 0 Å². The summed E-state index contributed by atoms with van der Waals surface area (Å²) < 4.78 is 30.3. The molecule has 0 aliphatic carbocycles. The molecule has 3 heteroatoms. The third kappa shape index (κ3) is 1.54. The summed E-state index contributed by atoms with van der Waals surface area (Å²) in [6.45, 7) is 0. The molecule has 1 aromatic heterocycles. The molecule has 2 N–H and O–H groups in total. The molecule has 2 aromatic rings. The molecular weight excluding hydrogens is 166 g/mol. The van der Waals surface area contributed by atoms with Crippen molar-refractivity contribution < 1.29 is 15.4 Å². The largest absolute Gasteiger partial charge is 0.481 e. The Balaban J connectivity index is 2.72. The number of hydrogen-bond acceptors (Lipinski definition) is 1. The summed E-state index contributed by atoms with van der Waals surface area (Å²) in [6, 6.07) is 0.461. The van der Waals surface area contributed by atoms with Gasteiger partial charge in [-0.3, -0.25) is 4.79 Å². The summed E-state index contributed by atoms with van der Waals surface area (Å²) in [4.78, 5) is 13.3. The number of aromatic amines is 1. The van der Waals surface area contributed by atoms with Gasteiger partial charge < -0.3 is 10.1 Å². The summed E-state index contributed by atoms with van der Waals surface area (Å²) in [5.74, 6) is -1.02. The second kappa shape index (κ2) is 2.94. The van der Waals surface area contributed by atoms with E-state index in [9.17, 15) is 4.79 Å². The molecule has 0 unspecified atom stereocenters. The number of carboxylic acid groups (broad SMARTS) is 1. The average molecular weight is 179 g/mol. The van der Waals surface area contributed by atoms with E-state index in [0.29, 0.717) is 11.1 Å². The maximum Gasteiger partial charge on any atom is 0.309 e. The first kappa shape index (κ1) is 4.46. The number of carbonyl (C=O) groups is 1. The zero-order valence-electron chi connectivity index (χ0n) is 10.6. The Morgan fingerprint density at radius 2 is 2.31 bits per heavy atom.